The normalized spacial score (nSPS) is 11.0. The summed E-state index contributed by atoms with van der Waals surface area (Å²) in [7, 11) is 1.54. The molecule has 0 bridgehead atoms. The number of nitro benzene ring substituents is 1. The summed E-state index contributed by atoms with van der Waals surface area (Å²) < 4.78 is 16.7. The van der Waals surface area contributed by atoms with Gasteiger partial charge in [-0.25, -0.2) is 5.43 Å². The van der Waals surface area contributed by atoms with Gasteiger partial charge in [0.05, 0.1) is 18.2 Å². The molecule has 0 aliphatic rings. The maximum absolute atomic E-state index is 12.3. The highest BCUT2D eigenvalue weighted by atomic mass is 16.6. The van der Waals surface area contributed by atoms with E-state index in [0.717, 1.165) is 5.56 Å². The number of aryl methyl sites for hydroxylation is 1. The van der Waals surface area contributed by atoms with Crippen LogP contribution >= 0.6 is 0 Å². The Hall–Kier alpha value is -4.66. The standard InChI is InChI=1S/C25H21N3O6/c1-16-3-5-17(6-4-16)15-33-22-9-7-18(11-23(22)32-2)14-26-27-25(29)24-13-19-12-20(28(30)31)8-10-21(19)34-24/h3-14H,15H2,1-2H3,(H,27,29)/b26-14-. The number of amides is 1. The SMILES string of the molecule is COc1cc(/C=N\NC(=O)c2cc3cc([N+](=O)[O-])ccc3o2)ccc1OCc1ccc(C)cc1. The number of nitro groups is 1. The van der Waals surface area contributed by atoms with Crippen LogP contribution in [-0.4, -0.2) is 24.2 Å². The summed E-state index contributed by atoms with van der Waals surface area (Å²) in [5.41, 5.74) is 5.57. The molecule has 0 spiro atoms. The van der Waals surface area contributed by atoms with Crippen molar-refractivity contribution >= 4 is 28.8 Å². The lowest BCUT2D eigenvalue weighted by Gasteiger charge is -2.11. The molecule has 1 N–H and O–H groups in total. The summed E-state index contributed by atoms with van der Waals surface area (Å²) in [5.74, 6) is 0.520. The summed E-state index contributed by atoms with van der Waals surface area (Å²) >= 11 is 0. The number of hydrogen-bond donors (Lipinski definition) is 1. The minimum atomic E-state index is -0.583. The van der Waals surface area contributed by atoms with Gasteiger partial charge in [-0.15, -0.1) is 0 Å². The lowest BCUT2D eigenvalue weighted by Crippen LogP contribution is -2.16. The van der Waals surface area contributed by atoms with Gasteiger partial charge in [0, 0.05) is 17.5 Å². The number of fused-ring (bicyclic) bond motifs is 1. The molecule has 1 amide bonds. The summed E-state index contributed by atoms with van der Waals surface area (Å²) in [6.07, 6.45) is 1.46. The number of carbonyl (C=O) groups excluding carboxylic acids is 1. The number of methoxy groups -OCH3 is 1. The quantitative estimate of drug-likeness (QED) is 0.225. The molecule has 1 aromatic heterocycles. The third-order valence-electron chi connectivity index (χ3n) is 5.02. The van der Waals surface area contributed by atoms with Gasteiger partial charge < -0.3 is 13.9 Å². The van der Waals surface area contributed by atoms with E-state index in [9.17, 15) is 14.9 Å². The monoisotopic (exact) mass is 459 g/mol. The van der Waals surface area contributed by atoms with Crippen molar-refractivity contribution in [1.29, 1.82) is 0 Å². The first kappa shape index (κ1) is 22.5. The minimum Gasteiger partial charge on any atom is -0.493 e. The fraction of sp³-hybridized carbons (Fsp3) is 0.120. The van der Waals surface area contributed by atoms with E-state index in [1.807, 2.05) is 31.2 Å². The van der Waals surface area contributed by atoms with Gasteiger partial charge in [-0.2, -0.15) is 5.10 Å². The summed E-state index contributed by atoms with van der Waals surface area (Å²) in [6, 6.07) is 18.9. The van der Waals surface area contributed by atoms with Gasteiger partial charge in [-0.05, 0) is 48.4 Å². The van der Waals surface area contributed by atoms with Crippen molar-refractivity contribution in [2.24, 2.45) is 5.10 Å². The fourth-order valence-electron chi connectivity index (χ4n) is 3.21. The first-order valence-corrected chi connectivity index (χ1v) is 10.3. The van der Waals surface area contributed by atoms with Gasteiger partial charge in [-0.1, -0.05) is 29.8 Å². The van der Waals surface area contributed by atoms with Crippen molar-refractivity contribution in [3.63, 3.8) is 0 Å². The average Bonchev–Trinajstić information content (AvgIpc) is 3.27. The van der Waals surface area contributed by atoms with Gasteiger partial charge >= 0.3 is 5.91 Å². The predicted octanol–water partition coefficient (Wildman–Crippen LogP) is 5.00. The molecule has 3 aromatic carbocycles. The molecule has 0 aliphatic heterocycles. The fourth-order valence-corrected chi connectivity index (χ4v) is 3.21. The first-order valence-electron chi connectivity index (χ1n) is 10.3. The number of hydrazone groups is 1. The zero-order chi connectivity index (χ0) is 24.1. The molecule has 9 heteroatoms. The zero-order valence-electron chi connectivity index (χ0n) is 18.5. The number of benzene rings is 3. The lowest BCUT2D eigenvalue weighted by molar-refractivity contribution is -0.384. The van der Waals surface area contributed by atoms with Crippen LogP contribution in [0.25, 0.3) is 11.0 Å². The molecular formula is C25H21N3O6. The van der Waals surface area contributed by atoms with E-state index in [0.29, 0.717) is 34.6 Å². The van der Waals surface area contributed by atoms with Gasteiger partial charge in [0.25, 0.3) is 5.69 Å². The van der Waals surface area contributed by atoms with Crippen LogP contribution in [0.5, 0.6) is 11.5 Å². The number of furan rings is 1. The number of ether oxygens (including phenoxy) is 2. The van der Waals surface area contributed by atoms with Crippen molar-refractivity contribution in [2.45, 2.75) is 13.5 Å². The Kier molecular flexibility index (Phi) is 6.54. The number of non-ortho nitro benzene ring substituents is 1. The van der Waals surface area contributed by atoms with Gasteiger partial charge in [0.15, 0.2) is 17.3 Å². The molecule has 4 aromatic rings. The number of carbonyl (C=O) groups is 1. The molecule has 0 aliphatic carbocycles. The van der Waals surface area contributed by atoms with Crippen LogP contribution < -0.4 is 14.9 Å². The molecule has 0 saturated heterocycles. The Balaban J connectivity index is 1.40. The topological polar surface area (TPSA) is 116 Å². The average molecular weight is 459 g/mol. The third kappa shape index (κ3) is 5.21. The second-order valence-electron chi connectivity index (χ2n) is 7.47. The molecule has 34 heavy (non-hydrogen) atoms. The van der Waals surface area contributed by atoms with Gasteiger partial charge in [0.2, 0.25) is 0 Å². The third-order valence-corrected chi connectivity index (χ3v) is 5.02. The highest BCUT2D eigenvalue weighted by Crippen LogP contribution is 2.28. The number of rotatable bonds is 8. The van der Waals surface area contributed by atoms with Crippen LogP contribution in [0.1, 0.15) is 27.2 Å². The number of hydrogen-bond acceptors (Lipinski definition) is 7. The Morgan fingerprint density at radius 3 is 2.62 bits per heavy atom. The van der Waals surface area contributed by atoms with E-state index in [2.05, 4.69) is 10.5 Å². The lowest BCUT2D eigenvalue weighted by atomic mass is 10.2. The van der Waals surface area contributed by atoms with E-state index < -0.39 is 10.8 Å². The van der Waals surface area contributed by atoms with E-state index in [-0.39, 0.29) is 11.4 Å². The van der Waals surface area contributed by atoms with E-state index in [1.165, 1.54) is 36.0 Å². The van der Waals surface area contributed by atoms with Crippen molar-refractivity contribution < 1.29 is 23.6 Å². The van der Waals surface area contributed by atoms with Crippen molar-refractivity contribution in [3.05, 3.63) is 99.3 Å². The summed E-state index contributed by atoms with van der Waals surface area (Å²) in [6.45, 7) is 2.43. The van der Waals surface area contributed by atoms with Crippen LogP contribution in [0.4, 0.5) is 5.69 Å². The van der Waals surface area contributed by atoms with E-state index >= 15 is 0 Å². The number of nitrogens with zero attached hydrogens (tertiary/aromatic N) is 2. The maximum Gasteiger partial charge on any atom is 0.307 e. The molecule has 1 heterocycles. The Morgan fingerprint density at radius 2 is 1.88 bits per heavy atom. The van der Waals surface area contributed by atoms with Crippen LogP contribution in [0, 0.1) is 17.0 Å². The Labute approximate surface area is 194 Å². The Morgan fingerprint density at radius 1 is 1.09 bits per heavy atom. The second kappa shape index (κ2) is 9.86. The van der Waals surface area contributed by atoms with Crippen molar-refractivity contribution in [3.8, 4) is 11.5 Å². The van der Waals surface area contributed by atoms with E-state index in [1.54, 1.807) is 25.3 Å². The smallest absolute Gasteiger partial charge is 0.307 e. The Bertz CT molecular complexity index is 1380. The van der Waals surface area contributed by atoms with Crippen LogP contribution in [0.15, 0.2) is 76.2 Å². The van der Waals surface area contributed by atoms with E-state index in [4.69, 9.17) is 13.9 Å². The molecule has 0 saturated carbocycles. The van der Waals surface area contributed by atoms with Gasteiger partial charge in [-0.3, -0.25) is 14.9 Å². The highest BCUT2D eigenvalue weighted by Gasteiger charge is 2.14. The molecule has 0 unspecified atom stereocenters. The van der Waals surface area contributed by atoms with Crippen LogP contribution in [0.2, 0.25) is 0 Å². The maximum atomic E-state index is 12.3. The zero-order valence-corrected chi connectivity index (χ0v) is 18.5. The molecule has 172 valence electrons. The highest BCUT2D eigenvalue weighted by molar-refractivity contribution is 5.97. The largest absolute Gasteiger partial charge is 0.493 e. The molecule has 9 nitrogen and oxygen atoms in total. The molecule has 0 fully saturated rings. The van der Waals surface area contributed by atoms with Crippen LogP contribution in [0.3, 0.4) is 0 Å². The van der Waals surface area contributed by atoms with Crippen LogP contribution in [-0.2, 0) is 6.61 Å². The molecular weight excluding hydrogens is 438 g/mol. The molecule has 4 rings (SSSR count). The predicted molar refractivity (Wildman–Crippen MR) is 126 cm³/mol. The second-order valence-corrected chi connectivity index (χ2v) is 7.47. The van der Waals surface area contributed by atoms with Crippen molar-refractivity contribution in [2.75, 3.05) is 7.11 Å². The first-order chi connectivity index (χ1) is 16.4. The molecule has 0 atom stereocenters. The molecule has 0 radical (unpaired) electrons. The van der Waals surface area contributed by atoms with Gasteiger partial charge in [0.1, 0.15) is 12.2 Å². The summed E-state index contributed by atoms with van der Waals surface area (Å²) in [5, 5.41) is 15.3. The number of nitrogens with one attached hydrogen (secondary N) is 1. The van der Waals surface area contributed by atoms with Crippen molar-refractivity contribution in [1.82, 2.24) is 5.43 Å². The minimum absolute atomic E-state index is 0.00918. The summed E-state index contributed by atoms with van der Waals surface area (Å²) in [4.78, 5) is 22.7.